The molecule has 0 spiro atoms. The van der Waals surface area contributed by atoms with Gasteiger partial charge in [-0.2, -0.15) is 0 Å². The molecule has 0 aliphatic rings. The number of nitrogen functional groups attached to an aromatic ring is 1. The SMILES string of the molecule is CC.Nc1ncc(-c2cccnc2)c2scc(Br)c12. The second-order valence-corrected chi connectivity index (χ2v) is 5.32. The monoisotopic (exact) mass is 335 g/mol. The van der Waals surface area contributed by atoms with Crippen molar-refractivity contribution in [1.29, 1.82) is 0 Å². The molecule has 0 aliphatic heterocycles. The van der Waals surface area contributed by atoms with Gasteiger partial charge in [-0.05, 0) is 22.0 Å². The second-order valence-electron chi connectivity index (χ2n) is 3.59. The summed E-state index contributed by atoms with van der Waals surface area (Å²) in [6, 6.07) is 3.94. The number of fused-ring (bicyclic) bond motifs is 1. The lowest BCUT2D eigenvalue weighted by Gasteiger charge is -2.04. The highest BCUT2D eigenvalue weighted by Crippen LogP contribution is 2.39. The molecule has 0 saturated carbocycles. The largest absolute Gasteiger partial charge is 0.383 e. The summed E-state index contributed by atoms with van der Waals surface area (Å²) in [6.07, 6.45) is 5.40. The maximum Gasteiger partial charge on any atom is 0.133 e. The normalized spacial score (nSPS) is 10.1. The first kappa shape index (κ1) is 14.0. The van der Waals surface area contributed by atoms with Crippen LogP contribution in [0.5, 0.6) is 0 Å². The number of aromatic nitrogens is 2. The van der Waals surface area contributed by atoms with Crippen molar-refractivity contribution in [1.82, 2.24) is 9.97 Å². The number of nitrogens with zero attached hydrogens (tertiary/aromatic N) is 2. The highest BCUT2D eigenvalue weighted by atomic mass is 79.9. The predicted octanol–water partition coefficient (Wildman–Crippen LogP) is 4.73. The number of hydrogen-bond donors (Lipinski definition) is 1. The summed E-state index contributed by atoms with van der Waals surface area (Å²) in [6.45, 7) is 4.00. The molecule has 0 radical (unpaired) electrons. The molecule has 0 bridgehead atoms. The van der Waals surface area contributed by atoms with Gasteiger partial charge in [-0.15, -0.1) is 11.3 Å². The van der Waals surface area contributed by atoms with E-state index in [4.69, 9.17) is 5.73 Å². The van der Waals surface area contributed by atoms with Crippen molar-refractivity contribution in [2.24, 2.45) is 0 Å². The third kappa shape index (κ3) is 2.62. The Morgan fingerprint density at radius 3 is 2.74 bits per heavy atom. The predicted molar refractivity (Wildman–Crippen MR) is 86.3 cm³/mol. The van der Waals surface area contributed by atoms with Crippen LogP contribution < -0.4 is 5.73 Å². The number of anilines is 1. The topological polar surface area (TPSA) is 51.8 Å². The van der Waals surface area contributed by atoms with E-state index in [1.165, 1.54) is 0 Å². The van der Waals surface area contributed by atoms with Crippen LogP contribution in [0, 0.1) is 0 Å². The van der Waals surface area contributed by atoms with Gasteiger partial charge in [0.25, 0.3) is 0 Å². The molecule has 3 rings (SSSR count). The zero-order valence-corrected chi connectivity index (χ0v) is 13.1. The van der Waals surface area contributed by atoms with E-state index in [-0.39, 0.29) is 0 Å². The molecule has 0 fully saturated rings. The number of thiophene rings is 1. The van der Waals surface area contributed by atoms with Crippen LogP contribution in [0.25, 0.3) is 21.2 Å². The van der Waals surface area contributed by atoms with Gasteiger partial charge in [0.1, 0.15) is 5.82 Å². The molecule has 0 aromatic carbocycles. The van der Waals surface area contributed by atoms with Gasteiger partial charge >= 0.3 is 0 Å². The molecule has 0 unspecified atom stereocenters. The first-order chi connectivity index (χ1) is 9.27. The molecule has 3 aromatic heterocycles. The first-order valence-electron chi connectivity index (χ1n) is 5.99. The van der Waals surface area contributed by atoms with Crippen molar-refractivity contribution in [3.8, 4) is 11.1 Å². The number of hydrogen-bond acceptors (Lipinski definition) is 4. The molecule has 0 atom stereocenters. The summed E-state index contributed by atoms with van der Waals surface area (Å²) in [5, 5.41) is 3.01. The number of rotatable bonds is 1. The van der Waals surface area contributed by atoms with Crippen LogP contribution in [0.4, 0.5) is 5.82 Å². The molecular formula is C14H14BrN3S. The Morgan fingerprint density at radius 1 is 1.26 bits per heavy atom. The second kappa shape index (κ2) is 6.12. The van der Waals surface area contributed by atoms with Crippen LogP contribution in [-0.4, -0.2) is 9.97 Å². The van der Waals surface area contributed by atoms with E-state index in [9.17, 15) is 0 Å². The summed E-state index contributed by atoms with van der Waals surface area (Å²) < 4.78 is 2.13. The van der Waals surface area contributed by atoms with E-state index < -0.39 is 0 Å². The summed E-state index contributed by atoms with van der Waals surface area (Å²) in [5.74, 6) is 0.556. The number of halogens is 1. The average molecular weight is 336 g/mol. The van der Waals surface area contributed by atoms with Crippen molar-refractivity contribution in [2.45, 2.75) is 13.8 Å². The highest BCUT2D eigenvalue weighted by molar-refractivity contribution is 9.10. The Labute approximate surface area is 124 Å². The van der Waals surface area contributed by atoms with E-state index in [0.717, 1.165) is 25.7 Å². The van der Waals surface area contributed by atoms with Gasteiger partial charge < -0.3 is 5.73 Å². The molecular weight excluding hydrogens is 322 g/mol. The summed E-state index contributed by atoms with van der Waals surface area (Å²) in [4.78, 5) is 8.37. The molecule has 3 heterocycles. The molecule has 3 nitrogen and oxygen atoms in total. The zero-order valence-electron chi connectivity index (χ0n) is 10.7. The molecule has 2 N–H and O–H groups in total. The minimum absolute atomic E-state index is 0.556. The lowest BCUT2D eigenvalue weighted by Crippen LogP contribution is -1.91. The third-order valence-electron chi connectivity index (χ3n) is 2.55. The van der Waals surface area contributed by atoms with Crippen molar-refractivity contribution >= 4 is 43.2 Å². The van der Waals surface area contributed by atoms with Gasteiger partial charge in [0.15, 0.2) is 0 Å². The summed E-state index contributed by atoms with van der Waals surface area (Å²) >= 11 is 5.15. The Balaban J connectivity index is 0.000000637. The summed E-state index contributed by atoms with van der Waals surface area (Å²) in [5.41, 5.74) is 8.02. The Bertz CT molecular complexity index is 680. The minimum Gasteiger partial charge on any atom is -0.383 e. The van der Waals surface area contributed by atoms with Crippen LogP contribution in [-0.2, 0) is 0 Å². The van der Waals surface area contributed by atoms with E-state index >= 15 is 0 Å². The van der Waals surface area contributed by atoms with Crippen molar-refractivity contribution in [2.75, 3.05) is 5.73 Å². The van der Waals surface area contributed by atoms with Crippen molar-refractivity contribution in [3.63, 3.8) is 0 Å². The van der Waals surface area contributed by atoms with Crippen LogP contribution >= 0.6 is 27.3 Å². The fraction of sp³-hybridized carbons (Fsp3) is 0.143. The maximum absolute atomic E-state index is 5.90. The van der Waals surface area contributed by atoms with Gasteiger partial charge in [0.05, 0.1) is 0 Å². The minimum atomic E-state index is 0.556. The van der Waals surface area contributed by atoms with E-state index in [2.05, 4.69) is 25.9 Å². The highest BCUT2D eigenvalue weighted by Gasteiger charge is 2.12. The average Bonchev–Trinajstić information content (AvgIpc) is 2.86. The van der Waals surface area contributed by atoms with Crippen molar-refractivity contribution < 1.29 is 0 Å². The fourth-order valence-corrected chi connectivity index (χ4v) is 3.54. The number of pyridine rings is 2. The molecule has 19 heavy (non-hydrogen) atoms. The molecule has 98 valence electrons. The molecule has 0 aliphatic carbocycles. The van der Waals surface area contributed by atoms with E-state index in [1.807, 2.05) is 37.6 Å². The number of nitrogens with two attached hydrogens (primary N) is 1. The Morgan fingerprint density at radius 2 is 2.05 bits per heavy atom. The van der Waals surface area contributed by atoms with Crippen LogP contribution in [0.3, 0.4) is 0 Å². The first-order valence-corrected chi connectivity index (χ1v) is 7.66. The van der Waals surface area contributed by atoms with E-state index in [1.54, 1.807) is 23.7 Å². The van der Waals surface area contributed by atoms with Gasteiger partial charge in [0.2, 0.25) is 0 Å². The van der Waals surface area contributed by atoms with Crippen LogP contribution in [0.15, 0.2) is 40.6 Å². The third-order valence-corrected chi connectivity index (χ3v) is 4.49. The fourth-order valence-electron chi connectivity index (χ4n) is 1.76. The molecule has 0 amide bonds. The van der Waals surface area contributed by atoms with Gasteiger partial charge in [0, 0.05) is 49.7 Å². The zero-order chi connectivity index (χ0) is 13.8. The van der Waals surface area contributed by atoms with E-state index in [0.29, 0.717) is 5.82 Å². The van der Waals surface area contributed by atoms with Gasteiger partial charge in [-0.1, -0.05) is 19.9 Å². The lowest BCUT2D eigenvalue weighted by atomic mass is 10.1. The van der Waals surface area contributed by atoms with Gasteiger partial charge in [-0.3, -0.25) is 4.98 Å². The van der Waals surface area contributed by atoms with Gasteiger partial charge in [-0.25, -0.2) is 4.98 Å². The standard InChI is InChI=1S/C12H8BrN3S.C2H6/c13-9-6-17-11-8(5-16-12(14)10(9)11)7-2-1-3-15-4-7;1-2/h1-6H,(H2,14,16);1-2H3. The maximum atomic E-state index is 5.90. The smallest absolute Gasteiger partial charge is 0.133 e. The van der Waals surface area contributed by atoms with Crippen molar-refractivity contribution in [3.05, 3.63) is 40.6 Å². The molecule has 0 saturated heterocycles. The lowest BCUT2D eigenvalue weighted by molar-refractivity contribution is 1.32. The summed E-state index contributed by atoms with van der Waals surface area (Å²) in [7, 11) is 0. The quantitative estimate of drug-likeness (QED) is 0.699. The Kier molecular flexibility index (Phi) is 4.50. The van der Waals surface area contributed by atoms with Crippen LogP contribution in [0.2, 0.25) is 0 Å². The van der Waals surface area contributed by atoms with Crippen LogP contribution in [0.1, 0.15) is 13.8 Å². The molecule has 3 aromatic rings. The Hall–Kier alpha value is -1.46. The molecule has 5 heteroatoms.